The Morgan fingerprint density at radius 1 is 1.24 bits per heavy atom. The number of nitrogens with one attached hydrogen (secondary N) is 1. The normalized spacial score (nSPS) is 13.0. The molecule has 1 aromatic rings. The third kappa shape index (κ3) is 3.27. The van der Waals surface area contributed by atoms with Gasteiger partial charge in [-0.2, -0.15) is 15.8 Å². The zero-order valence-electron chi connectivity index (χ0n) is 10.8. The van der Waals surface area contributed by atoms with Gasteiger partial charge in [-0.15, -0.1) is 0 Å². The second kappa shape index (κ2) is 6.38. The van der Waals surface area contributed by atoms with Crippen molar-refractivity contribution in [3.05, 3.63) is 35.3 Å². The van der Waals surface area contributed by atoms with Gasteiger partial charge in [0.2, 0.25) is 0 Å². The maximum absolute atomic E-state index is 13.4. The second-order valence-electron chi connectivity index (χ2n) is 4.13. The highest BCUT2D eigenvalue weighted by molar-refractivity contribution is 5.64. The van der Waals surface area contributed by atoms with E-state index in [2.05, 4.69) is 5.32 Å². The molecule has 1 heterocycles. The van der Waals surface area contributed by atoms with Gasteiger partial charge in [0.15, 0.2) is 5.57 Å². The molecule has 7 heteroatoms. The van der Waals surface area contributed by atoms with Crippen LogP contribution in [0.2, 0.25) is 0 Å². The summed E-state index contributed by atoms with van der Waals surface area (Å²) in [5.41, 5.74) is -0.485. The maximum atomic E-state index is 13.4. The van der Waals surface area contributed by atoms with Crippen molar-refractivity contribution in [2.75, 3.05) is 18.5 Å². The third-order valence-corrected chi connectivity index (χ3v) is 2.69. The molecule has 0 aliphatic carbocycles. The minimum absolute atomic E-state index is 0.142. The van der Waals surface area contributed by atoms with Gasteiger partial charge in [-0.3, -0.25) is 0 Å². The molecular formula is C14H9FN4O2. The quantitative estimate of drug-likeness (QED) is 0.846. The summed E-state index contributed by atoms with van der Waals surface area (Å²) < 4.78 is 23.9. The Balaban J connectivity index is 2.32. The molecule has 1 aliphatic heterocycles. The molecule has 0 bridgehead atoms. The van der Waals surface area contributed by atoms with Gasteiger partial charge in [0.05, 0.1) is 18.9 Å². The van der Waals surface area contributed by atoms with Crippen LogP contribution in [0.3, 0.4) is 0 Å². The number of benzene rings is 1. The lowest BCUT2D eigenvalue weighted by molar-refractivity contribution is -0.0794. The fourth-order valence-electron chi connectivity index (χ4n) is 1.58. The fraction of sp³-hybridized carbons (Fsp3) is 0.214. The Hall–Kier alpha value is -3.08. The Morgan fingerprint density at radius 3 is 2.48 bits per heavy atom. The van der Waals surface area contributed by atoms with Crippen molar-refractivity contribution in [1.29, 1.82) is 15.8 Å². The molecule has 1 saturated heterocycles. The Labute approximate surface area is 120 Å². The van der Waals surface area contributed by atoms with Crippen LogP contribution in [0.1, 0.15) is 0 Å². The molecule has 0 amide bonds. The molecule has 1 aliphatic rings. The van der Waals surface area contributed by atoms with Crippen molar-refractivity contribution in [2.45, 2.75) is 6.10 Å². The van der Waals surface area contributed by atoms with E-state index in [9.17, 15) is 4.39 Å². The molecule has 0 atom stereocenters. The molecular weight excluding hydrogens is 275 g/mol. The van der Waals surface area contributed by atoms with Gasteiger partial charge in [0.1, 0.15) is 41.6 Å². The van der Waals surface area contributed by atoms with E-state index in [4.69, 9.17) is 25.3 Å². The van der Waals surface area contributed by atoms with Gasteiger partial charge in [-0.1, -0.05) is 0 Å². The van der Waals surface area contributed by atoms with Crippen molar-refractivity contribution >= 4 is 5.69 Å². The number of hydrogen-bond donors (Lipinski definition) is 1. The Morgan fingerprint density at radius 2 is 1.95 bits per heavy atom. The first-order valence-electron chi connectivity index (χ1n) is 5.93. The number of nitrogens with zero attached hydrogens (tertiary/aromatic N) is 3. The van der Waals surface area contributed by atoms with Gasteiger partial charge >= 0.3 is 0 Å². The summed E-state index contributed by atoms with van der Waals surface area (Å²) in [6.45, 7) is 0.860. The fourth-order valence-corrected chi connectivity index (χ4v) is 1.58. The smallest absolute Gasteiger partial charge is 0.163 e. The number of allylic oxidation sites excluding steroid dienone is 2. The van der Waals surface area contributed by atoms with Gasteiger partial charge < -0.3 is 14.8 Å². The van der Waals surface area contributed by atoms with E-state index in [0.29, 0.717) is 19.0 Å². The summed E-state index contributed by atoms with van der Waals surface area (Å²) >= 11 is 0. The number of hydrogen-bond acceptors (Lipinski definition) is 6. The number of nitriles is 3. The van der Waals surface area contributed by atoms with Crippen molar-refractivity contribution in [2.24, 2.45) is 0 Å². The number of ether oxygens (including phenoxy) is 2. The summed E-state index contributed by atoms with van der Waals surface area (Å²) in [7, 11) is 0. The zero-order valence-corrected chi connectivity index (χ0v) is 10.8. The summed E-state index contributed by atoms with van der Waals surface area (Å²) in [5.74, 6) is -0.227. The monoisotopic (exact) mass is 284 g/mol. The van der Waals surface area contributed by atoms with E-state index < -0.39 is 5.82 Å². The maximum Gasteiger partial charge on any atom is 0.163 e. The van der Waals surface area contributed by atoms with Crippen molar-refractivity contribution in [1.82, 2.24) is 0 Å². The van der Waals surface area contributed by atoms with Crippen molar-refractivity contribution < 1.29 is 13.9 Å². The molecule has 0 aromatic heterocycles. The molecule has 1 aromatic carbocycles. The average molecular weight is 284 g/mol. The minimum Gasteiger partial charge on any atom is -0.483 e. The van der Waals surface area contributed by atoms with Gasteiger partial charge in [-0.25, -0.2) is 4.39 Å². The predicted molar refractivity (Wildman–Crippen MR) is 69.1 cm³/mol. The molecule has 21 heavy (non-hydrogen) atoms. The number of halogens is 1. The summed E-state index contributed by atoms with van der Waals surface area (Å²) in [6, 6.07) is 8.64. The lowest BCUT2D eigenvalue weighted by Gasteiger charge is -2.27. The van der Waals surface area contributed by atoms with E-state index in [1.54, 1.807) is 18.2 Å². The van der Waals surface area contributed by atoms with Gasteiger partial charge in [0, 0.05) is 6.07 Å². The van der Waals surface area contributed by atoms with Crippen LogP contribution in [0, 0.1) is 39.8 Å². The summed E-state index contributed by atoms with van der Waals surface area (Å²) in [6.07, 6.45) is -0.142. The van der Waals surface area contributed by atoms with Crippen LogP contribution in [0.25, 0.3) is 0 Å². The predicted octanol–water partition coefficient (Wildman–Crippen LogP) is 1.84. The van der Waals surface area contributed by atoms with E-state index in [-0.39, 0.29) is 23.1 Å². The van der Waals surface area contributed by atoms with Crippen LogP contribution in [-0.4, -0.2) is 19.3 Å². The molecule has 1 N–H and O–H groups in total. The van der Waals surface area contributed by atoms with E-state index in [1.807, 2.05) is 0 Å². The summed E-state index contributed by atoms with van der Waals surface area (Å²) in [5, 5.41) is 29.1. The zero-order chi connectivity index (χ0) is 15.2. The number of rotatable bonds is 4. The van der Waals surface area contributed by atoms with Crippen LogP contribution >= 0.6 is 0 Å². The Bertz CT molecular complexity index is 689. The van der Waals surface area contributed by atoms with Crippen LogP contribution in [0.5, 0.6) is 5.75 Å². The molecule has 0 radical (unpaired) electrons. The topological polar surface area (TPSA) is 102 Å². The first-order valence-corrected chi connectivity index (χ1v) is 5.93. The van der Waals surface area contributed by atoms with Gasteiger partial charge in [-0.05, 0) is 12.1 Å². The Kier molecular flexibility index (Phi) is 4.36. The second-order valence-corrected chi connectivity index (χ2v) is 4.13. The molecule has 104 valence electrons. The first-order chi connectivity index (χ1) is 10.2. The lowest BCUT2D eigenvalue weighted by atomic mass is 10.2. The van der Waals surface area contributed by atoms with Crippen molar-refractivity contribution in [3.63, 3.8) is 0 Å². The molecule has 6 nitrogen and oxygen atoms in total. The molecule has 2 rings (SSSR count). The van der Waals surface area contributed by atoms with Crippen LogP contribution in [0.4, 0.5) is 10.1 Å². The SMILES string of the molecule is N#CC(C#N)=C(C#N)Nc1cc(F)ccc1OC1COC1. The largest absolute Gasteiger partial charge is 0.483 e. The minimum atomic E-state index is -0.539. The third-order valence-electron chi connectivity index (χ3n) is 2.69. The highest BCUT2D eigenvalue weighted by Crippen LogP contribution is 2.29. The van der Waals surface area contributed by atoms with E-state index in [1.165, 1.54) is 12.1 Å². The molecule has 1 fully saturated rings. The first kappa shape index (κ1) is 14.3. The highest BCUT2D eigenvalue weighted by atomic mass is 19.1. The van der Waals surface area contributed by atoms with Crippen LogP contribution in [-0.2, 0) is 4.74 Å². The molecule has 0 spiro atoms. The summed E-state index contributed by atoms with van der Waals surface area (Å²) in [4.78, 5) is 0. The highest BCUT2D eigenvalue weighted by Gasteiger charge is 2.22. The molecule has 0 saturated carbocycles. The van der Waals surface area contributed by atoms with Gasteiger partial charge in [0.25, 0.3) is 0 Å². The average Bonchev–Trinajstić information content (AvgIpc) is 2.44. The van der Waals surface area contributed by atoms with E-state index >= 15 is 0 Å². The van der Waals surface area contributed by atoms with Crippen molar-refractivity contribution in [3.8, 4) is 24.0 Å². The van der Waals surface area contributed by atoms with Crippen LogP contribution in [0.15, 0.2) is 29.5 Å². The van der Waals surface area contributed by atoms with E-state index in [0.717, 1.165) is 6.07 Å². The number of anilines is 1. The lowest BCUT2D eigenvalue weighted by Crippen LogP contribution is -2.38. The van der Waals surface area contributed by atoms with Crippen LogP contribution < -0.4 is 10.1 Å². The standard InChI is InChI=1S/C14H9FN4O2/c15-10-1-2-14(21-11-7-20-8-11)12(3-10)19-13(6-18)9(4-16)5-17/h1-3,11,19H,7-8H2. The molecule has 0 unspecified atom stereocenters.